The molecule has 1 heterocycles. The lowest BCUT2D eigenvalue weighted by Gasteiger charge is -2.26. The van der Waals surface area contributed by atoms with Crippen molar-refractivity contribution in [3.63, 3.8) is 0 Å². The highest BCUT2D eigenvalue weighted by Gasteiger charge is 2.33. The van der Waals surface area contributed by atoms with Crippen LogP contribution in [0.2, 0.25) is 0 Å². The number of rotatable bonds is 16. The van der Waals surface area contributed by atoms with Crippen LogP contribution in [0.25, 0.3) is 0 Å². The predicted octanol–water partition coefficient (Wildman–Crippen LogP) is 9.60. The molecule has 10 nitrogen and oxygen atoms in total. The average Bonchev–Trinajstić information content (AvgIpc) is 3.76. The molecular weight excluding hydrogens is 771 g/mol. The van der Waals surface area contributed by atoms with Crippen LogP contribution in [0.15, 0.2) is 152 Å². The third-order valence-corrected chi connectivity index (χ3v) is 10.7. The van der Waals surface area contributed by atoms with E-state index in [1.807, 2.05) is 103 Å². The highest BCUT2D eigenvalue weighted by molar-refractivity contribution is 6.13. The average molecular weight is 818 g/mol. The van der Waals surface area contributed by atoms with Crippen LogP contribution in [0.5, 0.6) is 17.2 Å². The van der Waals surface area contributed by atoms with Gasteiger partial charge in [0, 0.05) is 11.1 Å². The second-order valence-corrected chi connectivity index (χ2v) is 15.0. The first kappa shape index (κ1) is 41.0. The van der Waals surface area contributed by atoms with E-state index in [2.05, 4.69) is 5.32 Å². The van der Waals surface area contributed by atoms with Crippen LogP contribution in [0, 0.1) is 0 Å². The number of benzene rings is 6. The molecule has 310 valence electrons. The lowest BCUT2D eigenvalue weighted by atomic mass is 9.95. The Balaban J connectivity index is 1.01. The molecule has 8 rings (SSSR count). The van der Waals surface area contributed by atoms with Crippen LogP contribution in [0.4, 0.5) is 0 Å². The number of amides is 1. The van der Waals surface area contributed by atoms with Gasteiger partial charge in [-0.2, -0.15) is 0 Å². The molecule has 1 aliphatic carbocycles. The molecule has 0 aromatic heterocycles. The second-order valence-electron chi connectivity index (χ2n) is 15.0. The Hall–Kier alpha value is -6.75. The Kier molecular flexibility index (Phi) is 13.4. The lowest BCUT2D eigenvalue weighted by molar-refractivity contribution is -0.183. The van der Waals surface area contributed by atoms with Crippen molar-refractivity contribution in [1.82, 2.24) is 5.32 Å². The van der Waals surface area contributed by atoms with Crippen molar-refractivity contribution < 1.29 is 42.8 Å². The first-order valence-electron chi connectivity index (χ1n) is 20.7. The summed E-state index contributed by atoms with van der Waals surface area (Å²) in [5.74, 6) is -0.0207. The van der Waals surface area contributed by atoms with Crippen LogP contribution in [-0.2, 0) is 34.0 Å². The normalized spacial score (nSPS) is 16.3. The molecule has 61 heavy (non-hydrogen) atoms. The van der Waals surface area contributed by atoms with Crippen LogP contribution in [-0.4, -0.2) is 43.0 Å². The summed E-state index contributed by atoms with van der Waals surface area (Å²) in [5.41, 5.74) is 4.59. The first-order chi connectivity index (χ1) is 30.0. The lowest BCUT2D eigenvalue weighted by Crippen LogP contribution is -2.42. The molecule has 1 aliphatic heterocycles. The van der Waals surface area contributed by atoms with E-state index in [1.54, 1.807) is 48.5 Å². The monoisotopic (exact) mass is 817 g/mol. The summed E-state index contributed by atoms with van der Waals surface area (Å²) in [6.45, 7) is 1.77. The van der Waals surface area contributed by atoms with Crippen LogP contribution >= 0.6 is 0 Å². The molecule has 1 saturated carbocycles. The van der Waals surface area contributed by atoms with Crippen LogP contribution in [0.1, 0.15) is 90.9 Å². The predicted molar refractivity (Wildman–Crippen MR) is 229 cm³/mol. The minimum absolute atomic E-state index is 0.143. The van der Waals surface area contributed by atoms with Crippen molar-refractivity contribution in [1.29, 1.82) is 0 Å². The molecular formula is C51H47NO9. The largest absolute Gasteiger partial charge is 0.489 e. The third kappa shape index (κ3) is 10.5. The van der Waals surface area contributed by atoms with Gasteiger partial charge in [-0.1, -0.05) is 103 Å². The molecule has 1 N–H and O–H groups in total. The van der Waals surface area contributed by atoms with Gasteiger partial charge in [0.15, 0.2) is 6.29 Å². The number of ketones is 1. The van der Waals surface area contributed by atoms with Crippen molar-refractivity contribution >= 4 is 17.7 Å². The highest BCUT2D eigenvalue weighted by Crippen LogP contribution is 2.36. The maximum atomic E-state index is 14.9. The number of nitrogens with one attached hydrogen (secondary N) is 1. The molecule has 6 aromatic carbocycles. The van der Waals surface area contributed by atoms with E-state index >= 15 is 0 Å². The molecule has 0 spiro atoms. The maximum absolute atomic E-state index is 14.9. The van der Waals surface area contributed by atoms with Crippen LogP contribution < -0.4 is 19.5 Å². The summed E-state index contributed by atoms with van der Waals surface area (Å²) in [5, 5.41) is 3.07. The summed E-state index contributed by atoms with van der Waals surface area (Å²) in [6.07, 6.45) is 1.44. The summed E-state index contributed by atoms with van der Waals surface area (Å²) < 4.78 is 36.6. The van der Waals surface area contributed by atoms with Crippen molar-refractivity contribution in [3.05, 3.63) is 196 Å². The van der Waals surface area contributed by atoms with Gasteiger partial charge in [0.1, 0.15) is 43.2 Å². The van der Waals surface area contributed by atoms with E-state index in [0.29, 0.717) is 55.3 Å². The Bertz CT molecular complexity index is 2400. The Morgan fingerprint density at radius 1 is 0.574 bits per heavy atom. The van der Waals surface area contributed by atoms with Gasteiger partial charge in [-0.25, -0.2) is 4.79 Å². The van der Waals surface area contributed by atoms with Gasteiger partial charge in [-0.05, 0) is 90.9 Å². The number of carbonyl (C=O) groups excluding carboxylic acids is 3. The van der Waals surface area contributed by atoms with Crippen LogP contribution in [0.3, 0.4) is 0 Å². The van der Waals surface area contributed by atoms with Gasteiger partial charge in [-0.3, -0.25) is 9.59 Å². The quantitative estimate of drug-likeness (QED) is 0.0753. The van der Waals surface area contributed by atoms with Gasteiger partial charge in [0.05, 0.1) is 35.9 Å². The van der Waals surface area contributed by atoms with Crippen molar-refractivity contribution in [2.45, 2.75) is 63.9 Å². The summed E-state index contributed by atoms with van der Waals surface area (Å²) in [6, 6.07) is 45.8. The SMILES string of the molecule is O=C(N[C@@H]1CCC[C@H]1OC(=O)c1ccc(C(=O)c2c(OCc3ccccc3)cccc2C2OCCCO2)c(OCc2ccccc2)c1)c1ccc(OCc2ccccc2)cc1. The molecule has 2 atom stereocenters. The minimum atomic E-state index is -0.769. The molecule has 1 saturated heterocycles. The molecule has 2 aliphatic rings. The van der Waals surface area contributed by atoms with Gasteiger partial charge < -0.3 is 33.7 Å². The standard InChI is InChI=1S/C51H47NO9/c53-48(47-42(51-56-29-12-30-57-51)19-10-22-45(47)59-33-36-15-6-2-7-16-36)41-28-25-39(31-46(41)60-34-37-17-8-3-9-18-37)50(55)61-44-21-11-20-43(44)52-49(54)38-23-26-40(27-24-38)58-32-35-13-4-1-5-14-35/h1-10,13-19,22-28,31,43-44,51H,11-12,20-21,29-30,32-34H2,(H,52,54)/t43-,44-/m1/s1. The zero-order valence-electron chi connectivity index (χ0n) is 33.7. The number of hydrogen-bond donors (Lipinski definition) is 1. The van der Waals surface area contributed by atoms with E-state index in [9.17, 15) is 14.4 Å². The van der Waals surface area contributed by atoms with Gasteiger partial charge >= 0.3 is 5.97 Å². The number of ether oxygens (including phenoxy) is 6. The van der Waals surface area contributed by atoms with Gasteiger partial charge in [0.2, 0.25) is 5.78 Å². The fourth-order valence-electron chi connectivity index (χ4n) is 7.47. The van der Waals surface area contributed by atoms with Crippen molar-refractivity contribution in [2.75, 3.05) is 13.2 Å². The smallest absolute Gasteiger partial charge is 0.338 e. The Labute approximate surface area is 355 Å². The molecule has 0 radical (unpaired) electrons. The molecule has 1 amide bonds. The van der Waals surface area contributed by atoms with Crippen molar-refractivity contribution in [2.24, 2.45) is 0 Å². The molecule has 0 bridgehead atoms. The zero-order valence-corrected chi connectivity index (χ0v) is 33.7. The van der Waals surface area contributed by atoms with Gasteiger partial charge in [0.25, 0.3) is 5.91 Å². The van der Waals surface area contributed by atoms with E-state index in [-0.39, 0.29) is 53.4 Å². The zero-order chi connectivity index (χ0) is 41.8. The summed E-state index contributed by atoms with van der Waals surface area (Å²) in [4.78, 5) is 42.1. The molecule has 10 heteroatoms. The topological polar surface area (TPSA) is 119 Å². The van der Waals surface area contributed by atoms with E-state index in [4.69, 9.17) is 28.4 Å². The van der Waals surface area contributed by atoms with E-state index < -0.39 is 18.4 Å². The van der Waals surface area contributed by atoms with E-state index in [1.165, 1.54) is 0 Å². The van der Waals surface area contributed by atoms with Crippen molar-refractivity contribution in [3.8, 4) is 17.2 Å². The molecule has 2 fully saturated rings. The fraction of sp³-hybridized carbons (Fsp3) is 0.235. The summed E-state index contributed by atoms with van der Waals surface area (Å²) >= 11 is 0. The Morgan fingerprint density at radius 2 is 1.16 bits per heavy atom. The Morgan fingerprint density at radius 3 is 1.80 bits per heavy atom. The number of hydrogen-bond acceptors (Lipinski definition) is 9. The second kappa shape index (κ2) is 20.0. The maximum Gasteiger partial charge on any atom is 0.338 e. The fourth-order valence-corrected chi connectivity index (χ4v) is 7.47. The molecule has 6 aromatic rings. The summed E-state index contributed by atoms with van der Waals surface area (Å²) in [7, 11) is 0. The van der Waals surface area contributed by atoms with Gasteiger partial charge in [-0.15, -0.1) is 0 Å². The number of esters is 1. The third-order valence-electron chi connectivity index (χ3n) is 10.7. The molecule has 0 unspecified atom stereocenters. The highest BCUT2D eigenvalue weighted by atomic mass is 16.7. The van der Waals surface area contributed by atoms with E-state index in [0.717, 1.165) is 29.5 Å². The minimum Gasteiger partial charge on any atom is -0.489 e. The first-order valence-corrected chi connectivity index (χ1v) is 20.7. The number of carbonyl (C=O) groups is 3.